The highest BCUT2D eigenvalue weighted by Crippen LogP contribution is 2.13. The van der Waals surface area contributed by atoms with Crippen molar-refractivity contribution in [3.8, 4) is 5.75 Å². The average Bonchev–Trinajstić information content (AvgIpc) is 2.73. The first-order chi connectivity index (χ1) is 14.5. The highest BCUT2D eigenvalue weighted by atomic mass is 16.6. The van der Waals surface area contributed by atoms with Gasteiger partial charge in [-0.1, -0.05) is 24.3 Å². The Morgan fingerprint density at radius 3 is 2.20 bits per heavy atom. The van der Waals surface area contributed by atoms with E-state index < -0.39 is 0 Å². The van der Waals surface area contributed by atoms with Crippen LogP contribution in [-0.2, 0) is 32.2 Å². The zero-order valence-electron chi connectivity index (χ0n) is 17.3. The fourth-order valence-corrected chi connectivity index (χ4v) is 2.71. The first kappa shape index (κ1) is 23.1. The Balaban J connectivity index is 1.60. The Hall–Kier alpha value is -3.19. The lowest BCUT2D eigenvalue weighted by molar-refractivity contribution is -0.135. The van der Waals surface area contributed by atoms with E-state index in [1.165, 1.54) is 6.92 Å². The van der Waals surface area contributed by atoms with Crippen molar-refractivity contribution in [3.63, 3.8) is 0 Å². The fourth-order valence-electron chi connectivity index (χ4n) is 2.71. The van der Waals surface area contributed by atoms with Gasteiger partial charge in [-0.05, 0) is 61.6 Å². The maximum Gasteiger partial charge on any atom is 0.338 e. The number of ether oxygens (including phenoxy) is 2. The number of nitrogens with one attached hydrogen (secondary N) is 1. The molecule has 0 aromatic heterocycles. The van der Waals surface area contributed by atoms with Crippen molar-refractivity contribution in [1.29, 1.82) is 0 Å². The molecule has 0 heterocycles. The van der Waals surface area contributed by atoms with Crippen LogP contribution in [0.15, 0.2) is 48.5 Å². The van der Waals surface area contributed by atoms with Crippen molar-refractivity contribution < 1.29 is 28.7 Å². The molecule has 0 aliphatic heterocycles. The van der Waals surface area contributed by atoms with E-state index in [9.17, 15) is 14.4 Å². The van der Waals surface area contributed by atoms with Gasteiger partial charge in [-0.15, -0.1) is 0 Å². The van der Waals surface area contributed by atoms with Gasteiger partial charge in [-0.3, -0.25) is 14.4 Å². The van der Waals surface area contributed by atoms with Crippen molar-refractivity contribution in [2.75, 3.05) is 6.61 Å². The number of carbonyl (C=O) groups excluding carboxylic acids is 3. The van der Waals surface area contributed by atoms with Crippen LogP contribution in [0.25, 0.3) is 0 Å². The van der Waals surface area contributed by atoms with Gasteiger partial charge in [0.15, 0.2) is 0 Å². The number of unbranched alkanes of at least 4 members (excludes halogenated alkanes) is 1. The summed E-state index contributed by atoms with van der Waals surface area (Å²) in [6, 6.07) is 14.2. The van der Waals surface area contributed by atoms with Gasteiger partial charge in [0.2, 0.25) is 5.91 Å². The lowest BCUT2D eigenvalue weighted by Gasteiger charge is -2.07. The predicted molar refractivity (Wildman–Crippen MR) is 111 cm³/mol. The molecule has 0 aliphatic rings. The Labute approximate surface area is 176 Å². The Morgan fingerprint density at radius 2 is 1.57 bits per heavy atom. The average molecular weight is 413 g/mol. The summed E-state index contributed by atoms with van der Waals surface area (Å²) in [7, 11) is 0. The summed E-state index contributed by atoms with van der Waals surface area (Å²) in [4.78, 5) is 39.6. The zero-order valence-corrected chi connectivity index (χ0v) is 17.3. The number of hydrogen-bond donors (Lipinski definition) is 1. The van der Waals surface area contributed by atoms with E-state index in [2.05, 4.69) is 5.48 Å². The Morgan fingerprint density at radius 1 is 0.900 bits per heavy atom. The molecule has 2 aromatic carbocycles. The van der Waals surface area contributed by atoms with E-state index in [1.807, 2.05) is 12.1 Å². The van der Waals surface area contributed by atoms with Gasteiger partial charge in [-0.2, -0.15) is 0 Å². The second kappa shape index (κ2) is 12.4. The minimum atomic E-state index is -0.375. The molecule has 1 amide bonds. The van der Waals surface area contributed by atoms with Crippen molar-refractivity contribution in [2.24, 2.45) is 0 Å². The molecule has 0 fully saturated rings. The minimum absolute atomic E-state index is 0.177. The zero-order chi connectivity index (χ0) is 21.8. The number of rotatable bonds is 11. The number of amides is 1. The van der Waals surface area contributed by atoms with Crippen LogP contribution in [0.3, 0.4) is 0 Å². The molecule has 0 spiro atoms. The summed E-state index contributed by atoms with van der Waals surface area (Å²) in [5, 5.41) is 0. The largest absolute Gasteiger partial charge is 0.462 e. The van der Waals surface area contributed by atoms with E-state index in [0.29, 0.717) is 24.3 Å². The molecule has 30 heavy (non-hydrogen) atoms. The van der Waals surface area contributed by atoms with Crippen LogP contribution < -0.4 is 10.2 Å². The van der Waals surface area contributed by atoms with Gasteiger partial charge in [0.05, 0.1) is 18.8 Å². The first-order valence-corrected chi connectivity index (χ1v) is 9.92. The fraction of sp³-hybridized carbons (Fsp3) is 0.348. The monoisotopic (exact) mass is 413 g/mol. The summed E-state index contributed by atoms with van der Waals surface area (Å²) in [6.45, 7) is 3.69. The normalized spacial score (nSPS) is 10.3. The third-order valence-electron chi connectivity index (χ3n) is 4.19. The van der Waals surface area contributed by atoms with E-state index in [-0.39, 0.29) is 24.5 Å². The van der Waals surface area contributed by atoms with E-state index in [1.54, 1.807) is 43.3 Å². The lowest BCUT2D eigenvalue weighted by atomic mass is 10.1. The van der Waals surface area contributed by atoms with Gasteiger partial charge in [0, 0.05) is 13.3 Å². The predicted octanol–water partition coefficient (Wildman–Crippen LogP) is 3.75. The number of aryl methyl sites for hydroxylation is 1. The second-order valence-corrected chi connectivity index (χ2v) is 6.68. The number of carbonyl (C=O) groups is 3. The Bertz CT molecular complexity index is 830. The van der Waals surface area contributed by atoms with Crippen LogP contribution in [0.2, 0.25) is 0 Å². The molecule has 160 valence electrons. The topological polar surface area (TPSA) is 90.9 Å². The molecule has 0 unspecified atom stereocenters. The second-order valence-electron chi connectivity index (χ2n) is 6.68. The van der Waals surface area contributed by atoms with Crippen LogP contribution in [0, 0.1) is 0 Å². The van der Waals surface area contributed by atoms with Crippen molar-refractivity contribution in [3.05, 3.63) is 65.2 Å². The highest BCUT2D eigenvalue weighted by molar-refractivity contribution is 5.89. The van der Waals surface area contributed by atoms with Gasteiger partial charge >= 0.3 is 11.9 Å². The standard InChI is InChI=1S/C23H27NO6/c1-3-28-23(27)20-12-8-18(9-13-20)6-4-5-7-22(26)24-29-16-19-10-14-21(15-11-19)30-17(2)25/h8-15H,3-7,16H2,1-2H3,(H,24,26). The molecule has 0 radical (unpaired) electrons. The molecule has 0 saturated carbocycles. The summed E-state index contributed by atoms with van der Waals surface area (Å²) in [5.41, 5.74) is 4.93. The van der Waals surface area contributed by atoms with E-state index >= 15 is 0 Å². The van der Waals surface area contributed by atoms with E-state index in [0.717, 1.165) is 30.4 Å². The lowest BCUT2D eigenvalue weighted by Crippen LogP contribution is -2.23. The smallest absolute Gasteiger partial charge is 0.338 e. The quantitative estimate of drug-likeness (QED) is 0.261. The van der Waals surface area contributed by atoms with Crippen LogP contribution in [-0.4, -0.2) is 24.5 Å². The summed E-state index contributed by atoms with van der Waals surface area (Å²) in [5.74, 6) is -0.406. The van der Waals surface area contributed by atoms with Gasteiger partial charge in [-0.25, -0.2) is 10.3 Å². The maximum absolute atomic E-state index is 11.9. The molecule has 0 bridgehead atoms. The van der Waals surface area contributed by atoms with Crippen molar-refractivity contribution >= 4 is 17.8 Å². The van der Waals surface area contributed by atoms with Crippen molar-refractivity contribution in [2.45, 2.75) is 46.1 Å². The number of hydroxylamine groups is 1. The molecule has 2 aromatic rings. The van der Waals surface area contributed by atoms with Crippen LogP contribution in [0.5, 0.6) is 5.75 Å². The number of benzene rings is 2. The molecule has 0 aliphatic carbocycles. The molecular weight excluding hydrogens is 386 g/mol. The minimum Gasteiger partial charge on any atom is -0.462 e. The SMILES string of the molecule is CCOC(=O)c1ccc(CCCCC(=O)NOCc2ccc(OC(C)=O)cc2)cc1. The molecule has 1 N–H and O–H groups in total. The molecule has 0 atom stereocenters. The summed E-state index contributed by atoms with van der Waals surface area (Å²) in [6.07, 6.45) is 2.77. The van der Waals surface area contributed by atoms with Crippen LogP contribution >= 0.6 is 0 Å². The summed E-state index contributed by atoms with van der Waals surface area (Å²) >= 11 is 0. The number of esters is 2. The molecule has 2 rings (SSSR count). The van der Waals surface area contributed by atoms with Crippen LogP contribution in [0.1, 0.15) is 54.6 Å². The Kier molecular flexibility index (Phi) is 9.54. The van der Waals surface area contributed by atoms with E-state index in [4.69, 9.17) is 14.3 Å². The van der Waals surface area contributed by atoms with Gasteiger partial charge in [0.25, 0.3) is 0 Å². The molecule has 0 saturated heterocycles. The third kappa shape index (κ3) is 8.45. The highest BCUT2D eigenvalue weighted by Gasteiger charge is 2.06. The molecule has 7 nitrogen and oxygen atoms in total. The third-order valence-corrected chi connectivity index (χ3v) is 4.19. The molecular formula is C23H27NO6. The van der Waals surface area contributed by atoms with Gasteiger partial charge in [0.1, 0.15) is 5.75 Å². The summed E-state index contributed by atoms with van der Waals surface area (Å²) < 4.78 is 9.91. The molecule has 7 heteroatoms. The van der Waals surface area contributed by atoms with Crippen LogP contribution in [0.4, 0.5) is 0 Å². The maximum atomic E-state index is 11.9. The van der Waals surface area contributed by atoms with Gasteiger partial charge < -0.3 is 9.47 Å². The van der Waals surface area contributed by atoms with Crippen molar-refractivity contribution in [1.82, 2.24) is 5.48 Å². The number of hydrogen-bond acceptors (Lipinski definition) is 6. The first-order valence-electron chi connectivity index (χ1n) is 9.92.